The molecule has 0 fully saturated rings. The number of nitrogens with one attached hydrogen (secondary N) is 2. The van der Waals surface area contributed by atoms with Gasteiger partial charge in [-0.2, -0.15) is 5.10 Å². The molecule has 0 bridgehead atoms. The van der Waals surface area contributed by atoms with Crippen LogP contribution in [0.4, 0.5) is 5.69 Å². The number of benzene rings is 4. The largest absolute Gasteiger partial charge is 0.493 e. The third kappa shape index (κ3) is 8.60. The van der Waals surface area contributed by atoms with Gasteiger partial charge >= 0.3 is 5.97 Å². The standard InChI is InChI=1S/C34H33N3O8/c1-5-44-28-17-23(11-16-27(28)45-34(40)25-19-29(41-2)32(43-4)30(20-25)42-3)21-35-37-33(39)24-12-14-26(15-13-24)36-31(38)18-22-9-7-6-8-10-22/h6-17,19-21H,5,18H2,1-4H3,(H,36,38)(H,37,39)/b35-21-. The van der Waals surface area contributed by atoms with Crippen LogP contribution < -0.4 is 34.4 Å². The van der Waals surface area contributed by atoms with Crippen molar-refractivity contribution in [3.05, 3.63) is 107 Å². The molecule has 0 unspecified atom stereocenters. The number of anilines is 1. The second kappa shape index (κ2) is 15.6. The molecule has 0 saturated heterocycles. The Kier molecular flexibility index (Phi) is 11.1. The van der Waals surface area contributed by atoms with E-state index in [4.69, 9.17) is 23.7 Å². The van der Waals surface area contributed by atoms with Crippen LogP contribution in [0.5, 0.6) is 28.7 Å². The van der Waals surface area contributed by atoms with Crippen LogP contribution in [0.3, 0.4) is 0 Å². The molecule has 0 saturated carbocycles. The molecule has 0 aromatic heterocycles. The molecule has 0 atom stereocenters. The number of amides is 2. The molecule has 0 heterocycles. The predicted molar refractivity (Wildman–Crippen MR) is 169 cm³/mol. The van der Waals surface area contributed by atoms with E-state index in [0.29, 0.717) is 46.4 Å². The number of ether oxygens (including phenoxy) is 5. The van der Waals surface area contributed by atoms with Crippen molar-refractivity contribution >= 4 is 29.7 Å². The number of esters is 1. The second-order valence-electron chi connectivity index (χ2n) is 9.43. The van der Waals surface area contributed by atoms with Crippen LogP contribution in [0.25, 0.3) is 0 Å². The van der Waals surface area contributed by atoms with Crippen molar-refractivity contribution in [1.29, 1.82) is 0 Å². The van der Waals surface area contributed by atoms with E-state index in [1.807, 2.05) is 30.3 Å². The Morgan fingerprint density at radius 2 is 1.44 bits per heavy atom. The highest BCUT2D eigenvalue weighted by Crippen LogP contribution is 2.39. The minimum Gasteiger partial charge on any atom is -0.493 e. The number of nitrogens with zero attached hydrogens (tertiary/aromatic N) is 1. The summed E-state index contributed by atoms with van der Waals surface area (Å²) in [7, 11) is 4.37. The maximum absolute atomic E-state index is 13.0. The zero-order valence-electron chi connectivity index (χ0n) is 25.3. The number of hydrogen-bond acceptors (Lipinski definition) is 9. The van der Waals surface area contributed by atoms with Crippen molar-refractivity contribution in [2.45, 2.75) is 13.3 Å². The first-order chi connectivity index (χ1) is 21.8. The van der Waals surface area contributed by atoms with Gasteiger partial charge in [-0.15, -0.1) is 0 Å². The van der Waals surface area contributed by atoms with Gasteiger partial charge in [-0.1, -0.05) is 30.3 Å². The van der Waals surface area contributed by atoms with Gasteiger partial charge in [0.1, 0.15) is 0 Å². The minimum absolute atomic E-state index is 0.156. The first-order valence-electron chi connectivity index (χ1n) is 13.9. The fourth-order valence-corrected chi connectivity index (χ4v) is 4.24. The van der Waals surface area contributed by atoms with Crippen molar-refractivity contribution in [3.63, 3.8) is 0 Å². The van der Waals surface area contributed by atoms with Crippen LogP contribution in [0, 0.1) is 0 Å². The number of rotatable bonds is 13. The molecule has 11 heteroatoms. The summed E-state index contributed by atoms with van der Waals surface area (Å²) in [5.41, 5.74) is 5.08. The fraction of sp³-hybridized carbons (Fsp3) is 0.176. The maximum atomic E-state index is 13.0. The highest BCUT2D eigenvalue weighted by atomic mass is 16.6. The van der Waals surface area contributed by atoms with Gasteiger partial charge in [0, 0.05) is 11.3 Å². The van der Waals surface area contributed by atoms with Crippen LogP contribution in [0.1, 0.15) is 38.8 Å². The Bertz CT molecular complexity index is 1650. The number of hydrogen-bond donors (Lipinski definition) is 2. The van der Waals surface area contributed by atoms with E-state index in [2.05, 4.69) is 15.8 Å². The summed E-state index contributed by atoms with van der Waals surface area (Å²) in [6.07, 6.45) is 1.68. The maximum Gasteiger partial charge on any atom is 0.343 e. The summed E-state index contributed by atoms with van der Waals surface area (Å²) in [6.45, 7) is 2.11. The van der Waals surface area contributed by atoms with Gasteiger partial charge in [0.2, 0.25) is 11.7 Å². The molecule has 0 aliphatic rings. The molecule has 4 aromatic rings. The zero-order valence-corrected chi connectivity index (χ0v) is 25.3. The molecule has 232 valence electrons. The summed E-state index contributed by atoms with van der Waals surface area (Å²) in [5.74, 6) is 0.206. The average Bonchev–Trinajstić information content (AvgIpc) is 3.05. The zero-order chi connectivity index (χ0) is 32.2. The predicted octanol–water partition coefficient (Wildman–Crippen LogP) is 5.28. The summed E-state index contributed by atoms with van der Waals surface area (Å²) in [4.78, 5) is 37.9. The Morgan fingerprint density at radius 3 is 2.07 bits per heavy atom. The number of hydrazone groups is 1. The lowest BCUT2D eigenvalue weighted by Crippen LogP contribution is -2.18. The molecule has 11 nitrogen and oxygen atoms in total. The number of carbonyl (C=O) groups is 3. The first-order valence-corrected chi connectivity index (χ1v) is 13.9. The fourth-order valence-electron chi connectivity index (χ4n) is 4.24. The lowest BCUT2D eigenvalue weighted by atomic mass is 10.1. The van der Waals surface area contributed by atoms with Crippen molar-refractivity contribution in [3.8, 4) is 28.7 Å². The molecule has 2 N–H and O–H groups in total. The Hall–Kier alpha value is -5.84. The molecule has 4 aromatic carbocycles. The molecule has 0 aliphatic carbocycles. The van der Waals surface area contributed by atoms with E-state index < -0.39 is 11.9 Å². The Morgan fingerprint density at radius 1 is 0.756 bits per heavy atom. The lowest BCUT2D eigenvalue weighted by molar-refractivity contribution is -0.115. The molecule has 45 heavy (non-hydrogen) atoms. The third-order valence-corrected chi connectivity index (χ3v) is 6.39. The van der Waals surface area contributed by atoms with E-state index in [9.17, 15) is 14.4 Å². The van der Waals surface area contributed by atoms with Gasteiger partial charge in [0.05, 0.1) is 46.1 Å². The van der Waals surface area contributed by atoms with E-state index in [-0.39, 0.29) is 23.6 Å². The van der Waals surface area contributed by atoms with E-state index in [0.717, 1.165) is 5.56 Å². The summed E-state index contributed by atoms with van der Waals surface area (Å²) in [5, 5.41) is 6.85. The van der Waals surface area contributed by atoms with E-state index in [1.54, 1.807) is 49.4 Å². The van der Waals surface area contributed by atoms with Crippen molar-refractivity contribution in [2.24, 2.45) is 5.10 Å². The summed E-state index contributed by atoms with van der Waals surface area (Å²) >= 11 is 0. The first kappa shape index (κ1) is 32.1. The topological polar surface area (TPSA) is 134 Å². The highest BCUT2D eigenvalue weighted by Gasteiger charge is 2.20. The van der Waals surface area contributed by atoms with Crippen molar-refractivity contribution in [2.75, 3.05) is 33.3 Å². The monoisotopic (exact) mass is 611 g/mol. The minimum atomic E-state index is -0.661. The number of carbonyl (C=O) groups excluding carboxylic acids is 3. The normalized spacial score (nSPS) is 10.6. The smallest absolute Gasteiger partial charge is 0.343 e. The van der Waals surface area contributed by atoms with Crippen LogP contribution in [-0.2, 0) is 11.2 Å². The second-order valence-corrected chi connectivity index (χ2v) is 9.43. The van der Waals surface area contributed by atoms with Gasteiger partial charge in [0.15, 0.2) is 23.0 Å². The van der Waals surface area contributed by atoms with Crippen molar-refractivity contribution in [1.82, 2.24) is 5.43 Å². The molecule has 4 rings (SSSR count). The van der Waals surface area contributed by atoms with Crippen LogP contribution in [-0.4, -0.2) is 51.9 Å². The number of methoxy groups -OCH3 is 3. The lowest BCUT2D eigenvalue weighted by Gasteiger charge is -2.15. The van der Waals surface area contributed by atoms with Crippen LogP contribution in [0.2, 0.25) is 0 Å². The molecule has 0 spiro atoms. The molecule has 0 aliphatic heterocycles. The van der Waals surface area contributed by atoms with Gasteiger partial charge in [-0.3, -0.25) is 9.59 Å². The highest BCUT2D eigenvalue weighted by molar-refractivity contribution is 5.97. The van der Waals surface area contributed by atoms with E-state index >= 15 is 0 Å². The van der Waals surface area contributed by atoms with E-state index in [1.165, 1.54) is 39.7 Å². The van der Waals surface area contributed by atoms with Gasteiger partial charge < -0.3 is 29.0 Å². The molecule has 2 amide bonds. The van der Waals surface area contributed by atoms with Gasteiger partial charge in [-0.05, 0) is 72.6 Å². The SMILES string of the molecule is CCOc1cc(/C=N\NC(=O)c2ccc(NC(=O)Cc3ccccc3)cc2)ccc1OC(=O)c1cc(OC)c(OC)c(OC)c1. The molecule has 0 radical (unpaired) electrons. The summed E-state index contributed by atoms with van der Waals surface area (Å²) in [6, 6.07) is 23.7. The van der Waals surface area contributed by atoms with Crippen LogP contribution >= 0.6 is 0 Å². The van der Waals surface area contributed by atoms with Gasteiger partial charge in [-0.25, -0.2) is 10.2 Å². The summed E-state index contributed by atoms with van der Waals surface area (Å²) < 4.78 is 27.3. The Labute approximate surface area is 260 Å². The van der Waals surface area contributed by atoms with Crippen LogP contribution in [0.15, 0.2) is 90.0 Å². The quantitative estimate of drug-likeness (QED) is 0.0904. The molecular weight excluding hydrogens is 578 g/mol. The third-order valence-electron chi connectivity index (χ3n) is 6.39. The molecular formula is C34H33N3O8. The van der Waals surface area contributed by atoms with Gasteiger partial charge in [0.25, 0.3) is 5.91 Å². The average molecular weight is 612 g/mol. The van der Waals surface area contributed by atoms with Crippen molar-refractivity contribution < 1.29 is 38.1 Å². The Balaban J connectivity index is 1.37.